The first kappa shape index (κ1) is 22.2. The molecule has 1 heterocycles. The van der Waals surface area contributed by atoms with Crippen molar-refractivity contribution in [1.82, 2.24) is 4.90 Å². The molecule has 0 aromatic heterocycles. The Labute approximate surface area is 196 Å². The number of esters is 1. The normalized spacial score (nSPS) is 17.8. The van der Waals surface area contributed by atoms with Crippen molar-refractivity contribution in [2.75, 3.05) is 33.2 Å². The lowest BCUT2D eigenvalue weighted by Gasteiger charge is -2.44. The number of benzene rings is 3. The van der Waals surface area contributed by atoms with Crippen molar-refractivity contribution in [3.8, 4) is 11.5 Å². The van der Waals surface area contributed by atoms with Crippen LogP contribution < -0.4 is 14.8 Å². The molecule has 0 spiro atoms. The lowest BCUT2D eigenvalue weighted by molar-refractivity contribution is -0.143. The van der Waals surface area contributed by atoms with Gasteiger partial charge in [0.05, 0.1) is 33.9 Å². The van der Waals surface area contributed by atoms with Crippen molar-refractivity contribution >= 4 is 27.6 Å². The smallest absolute Gasteiger partial charge is 0.319 e. The number of nitrogens with one attached hydrogen (secondary N) is 1. The molecule has 7 heteroatoms. The summed E-state index contributed by atoms with van der Waals surface area (Å²) in [6.07, 6.45) is -0.298. The van der Waals surface area contributed by atoms with Crippen LogP contribution >= 0.6 is 15.9 Å². The third kappa shape index (κ3) is 4.31. The average molecular weight is 497 g/mol. The summed E-state index contributed by atoms with van der Waals surface area (Å²) < 4.78 is 17.0. The maximum absolute atomic E-state index is 12.5. The maximum atomic E-state index is 12.5. The lowest BCUT2D eigenvalue weighted by Crippen LogP contribution is -2.44. The number of methoxy groups -OCH3 is 3. The number of ether oxygens (including phenoxy) is 3. The summed E-state index contributed by atoms with van der Waals surface area (Å²) in [5.41, 5.74) is 4.11. The summed E-state index contributed by atoms with van der Waals surface area (Å²) in [5.74, 6) is 0.967. The molecule has 0 radical (unpaired) electrons. The summed E-state index contributed by atoms with van der Waals surface area (Å²) >= 11 is 3.60. The Morgan fingerprint density at radius 1 is 0.938 bits per heavy atom. The molecule has 0 saturated heterocycles. The maximum Gasteiger partial charge on any atom is 0.319 e. The average Bonchev–Trinajstić information content (AvgIpc) is 2.83. The largest absolute Gasteiger partial charge is 0.493 e. The molecule has 0 unspecified atom stereocenters. The number of carbonyl (C=O) groups excluding carboxylic acids is 1. The van der Waals surface area contributed by atoms with Gasteiger partial charge >= 0.3 is 5.97 Å². The zero-order chi connectivity index (χ0) is 22.7. The van der Waals surface area contributed by atoms with Gasteiger partial charge < -0.3 is 19.5 Å². The van der Waals surface area contributed by atoms with E-state index in [1.54, 1.807) is 14.2 Å². The van der Waals surface area contributed by atoms with E-state index in [4.69, 9.17) is 14.2 Å². The number of nitrogens with zero attached hydrogens (tertiary/aromatic N) is 1. The number of rotatable bonds is 6. The molecule has 32 heavy (non-hydrogen) atoms. The molecule has 3 aromatic carbocycles. The van der Waals surface area contributed by atoms with Gasteiger partial charge in [0.1, 0.15) is 6.17 Å². The van der Waals surface area contributed by atoms with Crippen LogP contribution in [0.2, 0.25) is 0 Å². The Morgan fingerprint density at radius 2 is 1.69 bits per heavy atom. The van der Waals surface area contributed by atoms with Gasteiger partial charge in [-0.25, -0.2) is 0 Å². The van der Waals surface area contributed by atoms with E-state index in [9.17, 15) is 4.79 Å². The van der Waals surface area contributed by atoms with Gasteiger partial charge in [0.25, 0.3) is 0 Å². The van der Waals surface area contributed by atoms with Crippen LogP contribution in [-0.2, 0) is 9.53 Å². The number of hydrogen-bond acceptors (Lipinski definition) is 6. The van der Waals surface area contributed by atoms with Gasteiger partial charge in [-0.2, -0.15) is 0 Å². The molecule has 2 atom stereocenters. The zero-order valence-electron chi connectivity index (χ0n) is 18.2. The summed E-state index contributed by atoms with van der Waals surface area (Å²) in [4.78, 5) is 14.6. The van der Waals surface area contributed by atoms with Crippen molar-refractivity contribution in [1.29, 1.82) is 0 Å². The van der Waals surface area contributed by atoms with Gasteiger partial charge in [0, 0.05) is 10.2 Å². The van der Waals surface area contributed by atoms with E-state index in [1.807, 2.05) is 42.5 Å². The van der Waals surface area contributed by atoms with Gasteiger partial charge in [-0.1, -0.05) is 52.3 Å². The Balaban J connectivity index is 1.89. The van der Waals surface area contributed by atoms with Gasteiger partial charge in [-0.3, -0.25) is 9.69 Å². The number of anilines is 1. The van der Waals surface area contributed by atoms with E-state index in [0.29, 0.717) is 11.5 Å². The van der Waals surface area contributed by atoms with Crippen molar-refractivity contribution in [2.45, 2.75) is 12.2 Å². The van der Waals surface area contributed by atoms with Gasteiger partial charge in [0.15, 0.2) is 11.5 Å². The van der Waals surface area contributed by atoms with E-state index in [-0.39, 0.29) is 24.7 Å². The molecule has 1 N–H and O–H groups in total. The van der Waals surface area contributed by atoms with Gasteiger partial charge in [-0.05, 0) is 47.0 Å². The van der Waals surface area contributed by atoms with Crippen LogP contribution in [0.3, 0.4) is 0 Å². The molecule has 1 aliphatic rings. The monoisotopic (exact) mass is 496 g/mol. The third-order valence-electron chi connectivity index (χ3n) is 5.64. The summed E-state index contributed by atoms with van der Waals surface area (Å²) in [6, 6.07) is 22.0. The standard InChI is InChI=1S/C25H25BrN2O4/c1-30-21-12-9-17(13-22(21)31-2)25-27-20-11-10-18(26)14-19(20)24(16-7-5-4-6-8-16)28(25)15-23(29)32-3/h4-14,24-25,27H,15H2,1-3H3/t24-,25-/m0/s1. The fraction of sp³-hybridized carbons (Fsp3) is 0.240. The Bertz CT molecular complexity index is 1110. The second-order valence-electron chi connectivity index (χ2n) is 7.45. The van der Waals surface area contributed by atoms with E-state index in [0.717, 1.165) is 26.9 Å². The minimum atomic E-state index is -0.309. The topological polar surface area (TPSA) is 60.0 Å². The molecule has 0 bridgehead atoms. The Kier molecular flexibility index (Phi) is 6.67. The quantitative estimate of drug-likeness (QED) is 0.476. The Morgan fingerprint density at radius 3 is 2.38 bits per heavy atom. The van der Waals surface area contributed by atoms with Crippen LogP contribution in [0.4, 0.5) is 5.69 Å². The SMILES string of the molecule is COC(=O)CN1[C@@H](c2ccccc2)c2cc(Br)ccc2N[C@@H]1c1ccc(OC)c(OC)c1. The molecule has 0 saturated carbocycles. The van der Waals surface area contributed by atoms with Crippen LogP contribution in [0.1, 0.15) is 28.9 Å². The number of hydrogen-bond donors (Lipinski definition) is 1. The molecule has 0 fully saturated rings. The minimum Gasteiger partial charge on any atom is -0.493 e. The number of fused-ring (bicyclic) bond motifs is 1. The number of carbonyl (C=O) groups is 1. The van der Waals surface area contributed by atoms with Crippen molar-refractivity contribution in [3.05, 3.63) is 87.9 Å². The second-order valence-corrected chi connectivity index (χ2v) is 8.37. The fourth-order valence-electron chi connectivity index (χ4n) is 4.15. The Hall–Kier alpha value is -3.03. The van der Waals surface area contributed by atoms with Crippen molar-refractivity contribution < 1.29 is 19.0 Å². The van der Waals surface area contributed by atoms with Gasteiger partial charge in [-0.15, -0.1) is 0 Å². The first-order valence-corrected chi connectivity index (χ1v) is 11.0. The highest BCUT2D eigenvalue weighted by Gasteiger charge is 2.37. The third-order valence-corrected chi connectivity index (χ3v) is 6.13. The second kappa shape index (κ2) is 9.63. The predicted octanol–water partition coefficient (Wildman–Crippen LogP) is 5.16. The van der Waals surface area contributed by atoms with E-state index < -0.39 is 0 Å². The molecule has 3 aromatic rings. The van der Waals surface area contributed by atoms with Crippen molar-refractivity contribution in [2.24, 2.45) is 0 Å². The van der Waals surface area contributed by atoms with Crippen molar-refractivity contribution in [3.63, 3.8) is 0 Å². The van der Waals surface area contributed by atoms with Gasteiger partial charge in [0.2, 0.25) is 0 Å². The van der Waals surface area contributed by atoms with E-state index in [2.05, 4.69) is 50.4 Å². The van der Waals surface area contributed by atoms with Crippen LogP contribution in [0.15, 0.2) is 71.2 Å². The van der Waals surface area contributed by atoms with E-state index >= 15 is 0 Å². The summed E-state index contributed by atoms with van der Waals surface area (Å²) in [5, 5.41) is 3.61. The molecular formula is C25H25BrN2O4. The first-order chi connectivity index (χ1) is 15.5. The molecular weight excluding hydrogens is 472 g/mol. The van der Waals surface area contributed by atoms with Crippen LogP contribution in [0.25, 0.3) is 0 Å². The fourth-order valence-corrected chi connectivity index (χ4v) is 4.53. The van der Waals surface area contributed by atoms with E-state index in [1.165, 1.54) is 7.11 Å². The highest BCUT2D eigenvalue weighted by molar-refractivity contribution is 9.10. The van der Waals surface area contributed by atoms with Crippen LogP contribution in [-0.4, -0.2) is 38.7 Å². The highest BCUT2D eigenvalue weighted by atomic mass is 79.9. The molecule has 166 valence electrons. The van der Waals surface area contributed by atoms with Crippen LogP contribution in [0.5, 0.6) is 11.5 Å². The minimum absolute atomic E-state index is 0.105. The number of halogens is 1. The first-order valence-electron chi connectivity index (χ1n) is 10.2. The summed E-state index contributed by atoms with van der Waals surface area (Å²) in [7, 11) is 4.63. The molecule has 0 aliphatic carbocycles. The zero-order valence-corrected chi connectivity index (χ0v) is 19.8. The predicted molar refractivity (Wildman–Crippen MR) is 127 cm³/mol. The molecule has 4 rings (SSSR count). The molecule has 6 nitrogen and oxygen atoms in total. The highest BCUT2D eigenvalue weighted by Crippen LogP contribution is 2.45. The molecule has 0 amide bonds. The summed E-state index contributed by atoms with van der Waals surface area (Å²) in [6.45, 7) is 0.105. The van der Waals surface area contributed by atoms with Crippen LogP contribution in [0, 0.1) is 0 Å². The lowest BCUT2D eigenvalue weighted by atomic mass is 9.91. The molecule has 1 aliphatic heterocycles.